The molecule has 0 saturated carbocycles. The number of ether oxygens (including phenoxy) is 1. The van der Waals surface area contributed by atoms with Gasteiger partial charge in [-0.25, -0.2) is 22.9 Å². The SMILES string of the molecule is COC(=O)c1ncsc1S(=O)(=O)NCc1cscc1C. The number of carbonyl (C=O) groups excluding carboxylic acids is 1. The lowest BCUT2D eigenvalue weighted by molar-refractivity contribution is 0.0590. The lowest BCUT2D eigenvalue weighted by Gasteiger charge is -2.05. The van der Waals surface area contributed by atoms with E-state index in [4.69, 9.17) is 0 Å². The third-order valence-corrected chi connectivity index (χ3v) is 6.25. The monoisotopic (exact) mass is 332 g/mol. The molecule has 0 aliphatic carbocycles. The summed E-state index contributed by atoms with van der Waals surface area (Å²) in [5, 5.41) is 3.82. The lowest BCUT2D eigenvalue weighted by atomic mass is 10.2. The third-order valence-electron chi connectivity index (χ3n) is 2.57. The number of esters is 1. The fourth-order valence-corrected chi connectivity index (χ4v) is 4.50. The molecule has 2 heterocycles. The normalized spacial score (nSPS) is 11.5. The second-order valence-electron chi connectivity index (χ2n) is 3.88. The maximum atomic E-state index is 12.2. The molecule has 0 saturated heterocycles. The molecule has 0 aliphatic heterocycles. The van der Waals surface area contributed by atoms with Crippen LogP contribution in [0.5, 0.6) is 0 Å². The summed E-state index contributed by atoms with van der Waals surface area (Å²) in [5.74, 6) is -0.765. The van der Waals surface area contributed by atoms with Gasteiger partial charge in [0.05, 0.1) is 12.6 Å². The van der Waals surface area contributed by atoms with Crippen LogP contribution in [-0.4, -0.2) is 26.5 Å². The van der Waals surface area contributed by atoms with Crippen molar-refractivity contribution in [1.82, 2.24) is 9.71 Å². The highest BCUT2D eigenvalue weighted by Gasteiger charge is 2.26. The summed E-state index contributed by atoms with van der Waals surface area (Å²) in [5.41, 5.74) is 3.04. The van der Waals surface area contributed by atoms with E-state index in [1.165, 1.54) is 24.0 Å². The van der Waals surface area contributed by atoms with Crippen molar-refractivity contribution < 1.29 is 17.9 Å². The average Bonchev–Trinajstić information content (AvgIpc) is 3.04. The van der Waals surface area contributed by atoms with E-state index in [1.54, 1.807) is 0 Å². The Morgan fingerprint density at radius 2 is 2.20 bits per heavy atom. The van der Waals surface area contributed by atoms with Gasteiger partial charge in [0.25, 0.3) is 10.0 Å². The molecule has 0 radical (unpaired) electrons. The summed E-state index contributed by atoms with van der Waals surface area (Å²) in [4.78, 5) is 15.2. The van der Waals surface area contributed by atoms with Crippen LogP contribution in [-0.2, 0) is 21.3 Å². The van der Waals surface area contributed by atoms with Gasteiger partial charge in [0.2, 0.25) is 0 Å². The van der Waals surface area contributed by atoms with Gasteiger partial charge in [-0.05, 0) is 28.8 Å². The van der Waals surface area contributed by atoms with Crippen molar-refractivity contribution in [3.63, 3.8) is 0 Å². The summed E-state index contributed by atoms with van der Waals surface area (Å²) in [6.07, 6.45) is 0. The van der Waals surface area contributed by atoms with Crippen LogP contribution >= 0.6 is 22.7 Å². The van der Waals surface area contributed by atoms with Gasteiger partial charge in [-0.2, -0.15) is 11.3 Å². The molecule has 0 bridgehead atoms. The first kappa shape index (κ1) is 15.1. The molecule has 6 nitrogen and oxygen atoms in total. The minimum Gasteiger partial charge on any atom is -0.464 e. The molecular formula is C11H12N2O4S3. The Balaban J connectivity index is 2.21. The molecule has 2 aromatic rings. The van der Waals surface area contributed by atoms with Crippen LogP contribution < -0.4 is 4.72 Å². The van der Waals surface area contributed by atoms with Crippen molar-refractivity contribution in [3.8, 4) is 0 Å². The van der Waals surface area contributed by atoms with Crippen molar-refractivity contribution in [1.29, 1.82) is 0 Å². The highest BCUT2D eigenvalue weighted by molar-refractivity contribution is 7.91. The zero-order valence-corrected chi connectivity index (χ0v) is 13.2. The number of thiophene rings is 1. The number of hydrogen-bond acceptors (Lipinski definition) is 7. The smallest absolute Gasteiger partial charge is 0.358 e. The Morgan fingerprint density at radius 1 is 1.45 bits per heavy atom. The lowest BCUT2D eigenvalue weighted by Crippen LogP contribution is -2.24. The van der Waals surface area contributed by atoms with Gasteiger partial charge in [0.1, 0.15) is 0 Å². The predicted molar refractivity (Wildman–Crippen MR) is 76.5 cm³/mol. The van der Waals surface area contributed by atoms with Gasteiger partial charge in [-0.1, -0.05) is 0 Å². The van der Waals surface area contributed by atoms with E-state index in [1.807, 2.05) is 17.7 Å². The number of aromatic nitrogens is 1. The standard InChI is InChI=1S/C11H12N2O4S3/c1-7-4-18-5-8(7)3-13-20(15,16)11-9(10(14)17-2)12-6-19-11/h4-6,13H,3H2,1-2H3. The van der Waals surface area contributed by atoms with Gasteiger partial charge in [0.15, 0.2) is 9.90 Å². The number of sulfonamides is 1. The van der Waals surface area contributed by atoms with Crippen LogP contribution in [0.1, 0.15) is 21.6 Å². The van der Waals surface area contributed by atoms with Crippen LogP contribution in [0.2, 0.25) is 0 Å². The molecule has 20 heavy (non-hydrogen) atoms. The van der Waals surface area contributed by atoms with E-state index in [0.717, 1.165) is 22.5 Å². The number of carbonyl (C=O) groups is 1. The Kier molecular flexibility index (Phi) is 4.53. The van der Waals surface area contributed by atoms with Crippen LogP contribution in [0.25, 0.3) is 0 Å². The van der Waals surface area contributed by atoms with E-state index in [9.17, 15) is 13.2 Å². The molecule has 2 aromatic heterocycles. The quantitative estimate of drug-likeness (QED) is 0.844. The summed E-state index contributed by atoms with van der Waals surface area (Å²) in [6, 6.07) is 0. The highest BCUT2D eigenvalue weighted by atomic mass is 32.2. The first-order chi connectivity index (χ1) is 9.45. The van der Waals surface area contributed by atoms with Crippen LogP contribution in [0, 0.1) is 6.92 Å². The van der Waals surface area contributed by atoms with Gasteiger partial charge in [-0.3, -0.25) is 0 Å². The summed E-state index contributed by atoms with van der Waals surface area (Å²) in [7, 11) is -2.60. The van der Waals surface area contributed by atoms with Crippen LogP contribution in [0.4, 0.5) is 0 Å². The Hall–Kier alpha value is -1.29. The molecule has 108 valence electrons. The van der Waals surface area contributed by atoms with E-state index in [-0.39, 0.29) is 16.4 Å². The molecule has 0 unspecified atom stereocenters. The Bertz CT molecular complexity index is 718. The topological polar surface area (TPSA) is 85.4 Å². The summed E-state index contributed by atoms with van der Waals surface area (Å²) in [6.45, 7) is 2.09. The zero-order valence-electron chi connectivity index (χ0n) is 10.7. The molecular weight excluding hydrogens is 320 g/mol. The van der Waals surface area contributed by atoms with Crippen LogP contribution in [0.15, 0.2) is 20.5 Å². The number of nitrogens with zero attached hydrogens (tertiary/aromatic N) is 1. The molecule has 0 spiro atoms. The average molecular weight is 332 g/mol. The molecule has 0 atom stereocenters. The molecule has 2 rings (SSSR count). The van der Waals surface area contributed by atoms with Crippen molar-refractivity contribution in [3.05, 3.63) is 33.1 Å². The van der Waals surface area contributed by atoms with E-state index in [2.05, 4.69) is 14.4 Å². The van der Waals surface area contributed by atoms with Crippen molar-refractivity contribution in [2.45, 2.75) is 17.7 Å². The molecule has 0 fully saturated rings. The van der Waals surface area contributed by atoms with E-state index >= 15 is 0 Å². The molecule has 1 N–H and O–H groups in total. The first-order valence-corrected chi connectivity index (χ1v) is 8.79. The van der Waals surface area contributed by atoms with Crippen molar-refractivity contribution in [2.24, 2.45) is 0 Å². The largest absolute Gasteiger partial charge is 0.464 e. The Labute approximate surface area is 124 Å². The number of rotatable bonds is 5. The molecule has 0 amide bonds. The summed E-state index contributed by atoms with van der Waals surface area (Å²) < 4.78 is 31.2. The fourth-order valence-electron chi connectivity index (χ4n) is 1.47. The van der Waals surface area contributed by atoms with Crippen LogP contribution in [0.3, 0.4) is 0 Å². The van der Waals surface area contributed by atoms with Crippen molar-refractivity contribution in [2.75, 3.05) is 7.11 Å². The van der Waals surface area contributed by atoms with Crippen molar-refractivity contribution >= 4 is 38.7 Å². The van der Waals surface area contributed by atoms with E-state index < -0.39 is 16.0 Å². The molecule has 0 aliphatic rings. The minimum atomic E-state index is -3.79. The second kappa shape index (κ2) is 6.00. The number of thiazole rings is 1. The molecule has 0 aromatic carbocycles. The third kappa shape index (κ3) is 3.06. The van der Waals surface area contributed by atoms with Gasteiger partial charge >= 0.3 is 5.97 Å². The maximum Gasteiger partial charge on any atom is 0.358 e. The van der Waals surface area contributed by atoms with Gasteiger partial charge in [-0.15, -0.1) is 11.3 Å². The minimum absolute atomic E-state index is 0.128. The first-order valence-electron chi connectivity index (χ1n) is 5.49. The number of nitrogens with one attached hydrogen (secondary N) is 1. The number of hydrogen-bond donors (Lipinski definition) is 1. The highest BCUT2D eigenvalue weighted by Crippen LogP contribution is 2.21. The fraction of sp³-hybridized carbons (Fsp3) is 0.273. The predicted octanol–water partition coefficient (Wildman–Crippen LogP) is 1.78. The van der Waals surface area contributed by atoms with Gasteiger partial charge in [0, 0.05) is 6.54 Å². The second-order valence-corrected chi connectivity index (χ2v) is 7.45. The summed E-state index contributed by atoms with van der Waals surface area (Å²) >= 11 is 2.39. The number of methoxy groups -OCH3 is 1. The number of aryl methyl sites for hydroxylation is 1. The molecule has 9 heteroatoms. The zero-order chi connectivity index (χ0) is 14.8. The van der Waals surface area contributed by atoms with Gasteiger partial charge < -0.3 is 4.74 Å². The van der Waals surface area contributed by atoms with E-state index in [0.29, 0.717) is 0 Å². The Morgan fingerprint density at radius 3 is 2.80 bits per heavy atom. The maximum absolute atomic E-state index is 12.2.